The average molecular weight is 308 g/mol. The Morgan fingerprint density at radius 1 is 1.24 bits per heavy atom. The summed E-state index contributed by atoms with van der Waals surface area (Å²) in [5.74, 6) is -1.46. The summed E-state index contributed by atoms with van der Waals surface area (Å²) in [6, 6.07) is 12.3. The van der Waals surface area contributed by atoms with Gasteiger partial charge < -0.3 is 10.4 Å². The highest BCUT2D eigenvalue weighted by Gasteiger charge is 2.39. The minimum absolute atomic E-state index is 0.277. The van der Waals surface area contributed by atoms with Gasteiger partial charge in [-0.1, -0.05) is 42.8 Å². The highest BCUT2D eigenvalue weighted by molar-refractivity contribution is 6.33. The Kier molecular flexibility index (Phi) is 4.48. The Morgan fingerprint density at radius 2 is 1.86 bits per heavy atom. The molecule has 3 nitrogen and oxygen atoms in total. The maximum absolute atomic E-state index is 13.1. The van der Waals surface area contributed by atoms with E-state index in [1.54, 1.807) is 31.2 Å². The summed E-state index contributed by atoms with van der Waals surface area (Å²) in [5.41, 5.74) is -0.370. The van der Waals surface area contributed by atoms with E-state index in [4.69, 9.17) is 11.6 Å². The molecule has 2 aromatic rings. The molecular formula is C16H15ClFNO2. The first kappa shape index (κ1) is 15.3. The number of hydrogen-bond donors (Lipinski definition) is 2. The standard InChI is InChI=1S/C16H15ClFNO2/c1-2-16(15(20)21,11-7-9-12(18)10-8-11)19-14-6-4-3-5-13(14)17/h3-10,19H,2H2,1H3,(H,20,21). The van der Waals surface area contributed by atoms with Gasteiger partial charge in [-0.2, -0.15) is 0 Å². The molecule has 5 heteroatoms. The largest absolute Gasteiger partial charge is 0.479 e. The Bertz CT molecular complexity index is 645. The molecule has 110 valence electrons. The van der Waals surface area contributed by atoms with Crippen LogP contribution in [0.4, 0.5) is 10.1 Å². The first-order valence-electron chi connectivity index (χ1n) is 6.52. The summed E-state index contributed by atoms with van der Waals surface area (Å²) in [5, 5.41) is 13.1. The van der Waals surface area contributed by atoms with Crippen molar-refractivity contribution in [3.8, 4) is 0 Å². The number of nitrogens with one attached hydrogen (secondary N) is 1. The van der Waals surface area contributed by atoms with Gasteiger partial charge in [-0.05, 0) is 36.2 Å². The molecule has 0 aliphatic rings. The van der Waals surface area contributed by atoms with Crippen LogP contribution >= 0.6 is 11.6 Å². The van der Waals surface area contributed by atoms with Gasteiger partial charge in [0, 0.05) is 0 Å². The third kappa shape index (κ3) is 3.00. The van der Waals surface area contributed by atoms with Crippen molar-refractivity contribution in [3.63, 3.8) is 0 Å². The Labute approximate surface area is 127 Å². The summed E-state index contributed by atoms with van der Waals surface area (Å²) in [6.07, 6.45) is 0.277. The van der Waals surface area contributed by atoms with Crippen molar-refractivity contribution >= 4 is 23.3 Å². The molecule has 1 unspecified atom stereocenters. The van der Waals surface area contributed by atoms with Crippen molar-refractivity contribution in [1.82, 2.24) is 0 Å². The van der Waals surface area contributed by atoms with E-state index in [0.29, 0.717) is 16.3 Å². The number of para-hydroxylation sites is 1. The Hall–Kier alpha value is -2.07. The van der Waals surface area contributed by atoms with Crippen LogP contribution < -0.4 is 5.32 Å². The molecule has 0 radical (unpaired) electrons. The van der Waals surface area contributed by atoms with Crippen LogP contribution in [0.5, 0.6) is 0 Å². The van der Waals surface area contributed by atoms with Gasteiger partial charge in [0.25, 0.3) is 0 Å². The normalized spacial score (nSPS) is 13.5. The molecule has 0 aliphatic carbocycles. The van der Waals surface area contributed by atoms with E-state index >= 15 is 0 Å². The lowest BCUT2D eigenvalue weighted by Gasteiger charge is -2.31. The lowest BCUT2D eigenvalue weighted by Crippen LogP contribution is -2.43. The summed E-state index contributed by atoms with van der Waals surface area (Å²) >= 11 is 6.09. The van der Waals surface area contributed by atoms with Gasteiger partial charge in [0.1, 0.15) is 5.82 Å². The second-order valence-corrected chi connectivity index (χ2v) is 5.08. The second-order valence-electron chi connectivity index (χ2n) is 4.68. The van der Waals surface area contributed by atoms with Crippen LogP contribution in [-0.4, -0.2) is 11.1 Å². The van der Waals surface area contributed by atoms with Crippen LogP contribution in [0.3, 0.4) is 0 Å². The molecule has 0 aliphatic heterocycles. The lowest BCUT2D eigenvalue weighted by atomic mass is 9.87. The molecule has 0 aromatic heterocycles. The number of benzene rings is 2. The van der Waals surface area contributed by atoms with Gasteiger partial charge >= 0.3 is 5.97 Å². The van der Waals surface area contributed by atoms with Gasteiger partial charge in [0.15, 0.2) is 5.54 Å². The van der Waals surface area contributed by atoms with Gasteiger partial charge in [-0.15, -0.1) is 0 Å². The highest BCUT2D eigenvalue weighted by Crippen LogP contribution is 2.33. The minimum Gasteiger partial charge on any atom is -0.479 e. The third-order valence-electron chi connectivity index (χ3n) is 3.45. The maximum Gasteiger partial charge on any atom is 0.334 e. The number of carbonyl (C=O) groups is 1. The van der Waals surface area contributed by atoms with Gasteiger partial charge in [0.2, 0.25) is 0 Å². The van der Waals surface area contributed by atoms with Gasteiger partial charge in [-0.3, -0.25) is 0 Å². The van der Waals surface area contributed by atoms with E-state index in [-0.39, 0.29) is 6.42 Å². The van der Waals surface area contributed by atoms with Crippen molar-refractivity contribution in [1.29, 1.82) is 0 Å². The molecule has 0 amide bonds. The van der Waals surface area contributed by atoms with Gasteiger partial charge in [-0.25, -0.2) is 9.18 Å². The molecule has 0 fully saturated rings. The van der Waals surface area contributed by atoms with Crippen LogP contribution in [-0.2, 0) is 10.3 Å². The van der Waals surface area contributed by atoms with Crippen molar-refractivity contribution in [3.05, 3.63) is 64.9 Å². The van der Waals surface area contributed by atoms with E-state index in [9.17, 15) is 14.3 Å². The predicted octanol–water partition coefficient (Wildman–Crippen LogP) is 4.28. The minimum atomic E-state index is -1.36. The molecule has 0 saturated carbocycles. The molecule has 21 heavy (non-hydrogen) atoms. The van der Waals surface area contributed by atoms with Gasteiger partial charge in [0.05, 0.1) is 10.7 Å². The number of rotatable bonds is 5. The van der Waals surface area contributed by atoms with Crippen LogP contribution in [0.25, 0.3) is 0 Å². The van der Waals surface area contributed by atoms with E-state index in [1.807, 2.05) is 0 Å². The molecule has 0 spiro atoms. The molecule has 0 heterocycles. The van der Waals surface area contributed by atoms with Crippen molar-refractivity contribution in [2.75, 3.05) is 5.32 Å². The molecule has 2 rings (SSSR count). The number of hydrogen-bond acceptors (Lipinski definition) is 2. The van der Waals surface area contributed by atoms with E-state index in [0.717, 1.165) is 0 Å². The molecule has 0 bridgehead atoms. The third-order valence-corrected chi connectivity index (χ3v) is 3.78. The number of carboxylic acids is 1. The summed E-state index contributed by atoms with van der Waals surface area (Å²) in [7, 11) is 0. The fourth-order valence-corrected chi connectivity index (χ4v) is 2.40. The fourth-order valence-electron chi connectivity index (χ4n) is 2.22. The molecule has 2 N–H and O–H groups in total. The smallest absolute Gasteiger partial charge is 0.334 e. The maximum atomic E-state index is 13.1. The monoisotopic (exact) mass is 307 g/mol. The number of aliphatic carboxylic acids is 1. The number of carboxylic acid groups (broad SMARTS) is 1. The topological polar surface area (TPSA) is 49.3 Å². The highest BCUT2D eigenvalue weighted by atomic mass is 35.5. The Morgan fingerprint density at radius 3 is 2.38 bits per heavy atom. The second kappa shape index (κ2) is 6.14. The van der Waals surface area contributed by atoms with Crippen LogP contribution in [0.1, 0.15) is 18.9 Å². The first-order chi connectivity index (χ1) is 9.99. The van der Waals surface area contributed by atoms with E-state index < -0.39 is 17.3 Å². The Balaban J connectivity index is 2.50. The van der Waals surface area contributed by atoms with Crippen molar-refractivity contribution < 1.29 is 14.3 Å². The molecule has 2 aromatic carbocycles. The summed E-state index contributed by atoms with van der Waals surface area (Å²) in [4.78, 5) is 11.9. The van der Waals surface area contributed by atoms with Crippen LogP contribution in [0.15, 0.2) is 48.5 Å². The van der Waals surface area contributed by atoms with Crippen molar-refractivity contribution in [2.45, 2.75) is 18.9 Å². The molecule has 1 atom stereocenters. The number of anilines is 1. The first-order valence-corrected chi connectivity index (χ1v) is 6.89. The van der Waals surface area contributed by atoms with E-state index in [1.165, 1.54) is 24.3 Å². The zero-order valence-electron chi connectivity index (χ0n) is 11.4. The van der Waals surface area contributed by atoms with E-state index in [2.05, 4.69) is 5.32 Å². The van der Waals surface area contributed by atoms with Crippen LogP contribution in [0, 0.1) is 5.82 Å². The lowest BCUT2D eigenvalue weighted by molar-refractivity contribution is -0.142. The zero-order valence-corrected chi connectivity index (χ0v) is 12.2. The van der Waals surface area contributed by atoms with Crippen molar-refractivity contribution in [2.24, 2.45) is 0 Å². The zero-order chi connectivity index (χ0) is 15.5. The summed E-state index contributed by atoms with van der Waals surface area (Å²) < 4.78 is 13.1. The number of halogens is 2. The quantitative estimate of drug-likeness (QED) is 0.866. The average Bonchev–Trinajstić information content (AvgIpc) is 2.47. The fraction of sp³-hybridized carbons (Fsp3) is 0.188. The molecular weight excluding hydrogens is 293 g/mol. The summed E-state index contributed by atoms with van der Waals surface area (Å²) in [6.45, 7) is 1.75. The predicted molar refractivity (Wildman–Crippen MR) is 81.1 cm³/mol. The van der Waals surface area contributed by atoms with Crippen LogP contribution in [0.2, 0.25) is 5.02 Å². The molecule has 0 saturated heterocycles. The SMILES string of the molecule is CCC(Nc1ccccc1Cl)(C(=O)O)c1ccc(F)cc1.